The molecule has 0 amide bonds. The highest BCUT2D eigenvalue weighted by Crippen LogP contribution is 2.53. The standard InChI is InChI=1S/C24H21N3O2/c1-16(17-8-4-2-5-9-17)24-25-21(18-10-6-3-7-11-18)23-22(26(23)24)19-12-14-20(15-13-19)27(28)29/h2-16,22-24H,1H3. The minimum Gasteiger partial charge on any atom is -0.268 e. The first-order valence-electron chi connectivity index (χ1n) is 9.85. The number of nitro benzene ring substituents is 1. The lowest BCUT2D eigenvalue weighted by Crippen LogP contribution is -2.22. The summed E-state index contributed by atoms with van der Waals surface area (Å²) in [5.74, 6) is 0.253. The minimum atomic E-state index is -0.352. The zero-order valence-corrected chi connectivity index (χ0v) is 16.1. The largest absolute Gasteiger partial charge is 0.269 e. The fraction of sp³-hybridized carbons (Fsp3) is 0.208. The summed E-state index contributed by atoms with van der Waals surface area (Å²) >= 11 is 0. The number of hydrogen-bond acceptors (Lipinski definition) is 4. The van der Waals surface area contributed by atoms with Gasteiger partial charge in [0.15, 0.2) is 0 Å². The van der Waals surface area contributed by atoms with E-state index in [1.807, 2.05) is 36.4 Å². The fourth-order valence-corrected chi connectivity index (χ4v) is 4.45. The maximum Gasteiger partial charge on any atom is 0.269 e. The summed E-state index contributed by atoms with van der Waals surface area (Å²) in [5, 5.41) is 11.0. The molecule has 2 aliphatic heterocycles. The normalized spacial score (nSPS) is 25.8. The molecule has 1 fully saturated rings. The second-order valence-corrected chi connectivity index (χ2v) is 7.68. The first kappa shape index (κ1) is 17.8. The van der Waals surface area contributed by atoms with Crippen molar-refractivity contribution in [2.75, 3.05) is 0 Å². The van der Waals surface area contributed by atoms with Crippen molar-refractivity contribution in [2.24, 2.45) is 4.99 Å². The van der Waals surface area contributed by atoms with Gasteiger partial charge in [-0.1, -0.05) is 79.7 Å². The molecule has 2 heterocycles. The molecular weight excluding hydrogens is 362 g/mol. The lowest BCUT2D eigenvalue weighted by atomic mass is 9.97. The van der Waals surface area contributed by atoms with Crippen molar-refractivity contribution in [3.05, 3.63) is 112 Å². The van der Waals surface area contributed by atoms with E-state index in [1.165, 1.54) is 5.56 Å². The molecule has 5 unspecified atom stereocenters. The lowest BCUT2D eigenvalue weighted by Gasteiger charge is -2.21. The van der Waals surface area contributed by atoms with Crippen molar-refractivity contribution >= 4 is 11.4 Å². The summed E-state index contributed by atoms with van der Waals surface area (Å²) in [7, 11) is 0. The molecule has 2 aliphatic rings. The Balaban J connectivity index is 1.51. The second kappa shape index (κ2) is 6.94. The number of nitro groups is 1. The lowest BCUT2D eigenvalue weighted by molar-refractivity contribution is -0.384. The molecule has 0 spiro atoms. The highest BCUT2D eigenvalue weighted by atomic mass is 16.6. The van der Waals surface area contributed by atoms with E-state index in [9.17, 15) is 10.1 Å². The number of benzene rings is 3. The van der Waals surface area contributed by atoms with Gasteiger partial charge in [0.25, 0.3) is 5.69 Å². The van der Waals surface area contributed by atoms with E-state index in [0.29, 0.717) is 0 Å². The molecule has 5 nitrogen and oxygen atoms in total. The van der Waals surface area contributed by atoms with E-state index in [-0.39, 0.29) is 34.8 Å². The molecule has 5 rings (SSSR count). The average molecular weight is 383 g/mol. The van der Waals surface area contributed by atoms with Gasteiger partial charge >= 0.3 is 0 Å². The zero-order chi connectivity index (χ0) is 20.0. The summed E-state index contributed by atoms with van der Waals surface area (Å²) in [6.45, 7) is 2.22. The summed E-state index contributed by atoms with van der Waals surface area (Å²) in [5.41, 5.74) is 4.76. The van der Waals surface area contributed by atoms with Crippen LogP contribution in [-0.2, 0) is 0 Å². The third kappa shape index (κ3) is 3.04. The van der Waals surface area contributed by atoms with Crippen LogP contribution in [0.25, 0.3) is 0 Å². The van der Waals surface area contributed by atoms with Crippen LogP contribution in [0.1, 0.15) is 35.6 Å². The average Bonchev–Trinajstić information content (AvgIpc) is 3.38. The van der Waals surface area contributed by atoms with Crippen LogP contribution in [-0.4, -0.2) is 27.7 Å². The summed E-state index contributed by atoms with van der Waals surface area (Å²) < 4.78 is 0. The Labute approximate surface area is 169 Å². The monoisotopic (exact) mass is 383 g/mol. The molecule has 0 N–H and O–H groups in total. The van der Waals surface area contributed by atoms with Crippen molar-refractivity contribution in [3.8, 4) is 0 Å². The Hall–Kier alpha value is -3.31. The van der Waals surface area contributed by atoms with Crippen molar-refractivity contribution in [1.82, 2.24) is 4.90 Å². The maximum absolute atomic E-state index is 11.0. The Morgan fingerprint density at radius 1 is 0.897 bits per heavy atom. The van der Waals surface area contributed by atoms with Crippen LogP contribution < -0.4 is 0 Å². The quantitative estimate of drug-likeness (QED) is 0.356. The minimum absolute atomic E-state index is 0.0535. The number of hydrogen-bond donors (Lipinski definition) is 0. The molecule has 144 valence electrons. The molecule has 0 aromatic heterocycles. The van der Waals surface area contributed by atoms with Crippen LogP contribution in [0.15, 0.2) is 89.9 Å². The van der Waals surface area contributed by atoms with Gasteiger partial charge in [-0.05, 0) is 16.7 Å². The molecule has 0 radical (unpaired) electrons. The maximum atomic E-state index is 11.0. The van der Waals surface area contributed by atoms with Crippen LogP contribution in [0.3, 0.4) is 0 Å². The molecular formula is C24H21N3O2. The molecule has 0 aliphatic carbocycles. The number of nitrogens with zero attached hydrogens (tertiary/aromatic N) is 3. The Kier molecular flexibility index (Phi) is 4.25. The van der Waals surface area contributed by atoms with E-state index in [4.69, 9.17) is 4.99 Å². The van der Waals surface area contributed by atoms with Gasteiger partial charge in [-0.15, -0.1) is 0 Å². The fourth-order valence-electron chi connectivity index (χ4n) is 4.45. The van der Waals surface area contributed by atoms with Gasteiger partial charge in [0.2, 0.25) is 0 Å². The van der Waals surface area contributed by atoms with E-state index in [0.717, 1.165) is 16.8 Å². The Morgan fingerprint density at radius 2 is 1.52 bits per heavy atom. The van der Waals surface area contributed by atoms with Crippen LogP contribution in [0.2, 0.25) is 0 Å². The third-order valence-electron chi connectivity index (χ3n) is 6.00. The Morgan fingerprint density at radius 3 is 2.14 bits per heavy atom. The summed E-state index contributed by atoms with van der Waals surface area (Å²) in [6, 6.07) is 28.2. The molecule has 5 heteroatoms. The SMILES string of the molecule is CC(c1ccccc1)C1N=C(c2ccccc2)C2C(c3ccc([N+](=O)[O-])cc3)N12. The van der Waals surface area contributed by atoms with E-state index < -0.39 is 0 Å². The number of fused-ring (bicyclic) bond motifs is 1. The molecule has 0 saturated carbocycles. The van der Waals surface area contributed by atoms with Gasteiger partial charge in [-0.2, -0.15) is 0 Å². The van der Waals surface area contributed by atoms with Crippen molar-refractivity contribution in [2.45, 2.75) is 31.1 Å². The van der Waals surface area contributed by atoms with Gasteiger partial charge in [0.05, 0.1) is 22.7 Å². The van der Waals surface area contributed by atoms with Gasteiger partial charge in [-0.3, -0.25) is 20.0 Å². The number of aliphatic imine (C=N–C) groups is 1. The zero-order valence-electron chi connectivity index (χ0n) is 16.1. The molecule has 3 aromatic carbocycles. The highest BCUT2D eigenvalue weighted by Gasteiger charge is 2.60. The smallest absolute Gasteiger partial charge is 0.268 e. The van der Waals surface area contributed by atoms with Crippen molar-refractivity contribution in [3.63, 3.8) is 0 Å². The van der Waals surface area contributed by atoms with Gasteiger partial charge < -0.3 is 0 Å². The molecule has 0 bridgehead atoms. The van der Waals surface area contributed by atoms with E-state index in [1.54, 1.807) is 12.1 Å². The first-order valence-corrected chi connectivity index (χ1v) is 9.85. The topological polar surface area (TPSA) is 58.5 Å². The predicted molar refractivity (Wildman–Crippen MR) is 113 cm³/mol. The van der Waals surface area contributed by atoms with Gasteiger partial charge in [0.1, 0.15) is 6.17 Å². The first-order chi connectivity index (χ1) is 14.1. The number of non-ortho nitro benzene ring substituents is 1. The Bertz CT molecular complexity index is 1060. The van der Waals surface area contributed by atoms with Gasteiger partial charge in [0, 0.05) is 18.1 Å². The van der Waals surface area contributed by atoms with Crippen molar-refractivity contribution in [1.29, 1.82) is 0 Å². The molecule has 1 saturated heterocycles. The van der Waals surface area contributed by atoms with Crippen LogP contribution >= 0.6 is 0 Å². The molecule has 3 aromatic rings. The van der Waals surface area contributed by atoms with Crippen LogP contribution in [0, 0.1) is 10.1 Å². The summed E-state index contributed by atoms with van der Waals surface area (Å²) in [4.78, 5) is 18.2. The van der Waals surface area contributed by atoms with E-state index in [2.05, 4.69) is 48.2 Å². The molecule has 29 heavy (non-hydrogen) atoms. The summed E-state index contributed by atoms with van der Waals surface area (Å²) in [6.07, 6.45) is 0.0535. The van der Waals surface area contributed by atoms with E-state index >= 15 is 0 Å². The number of rotatable bonds is 5. The second-order valence-electron chi connectivity index (χ2n) is 7.68. The van der Waals surface area contributed by atoms with Crippen LogP contribution in [0.5, 0.6) is 0 Å². The van der Waals surface area contributed by atoms with Crippen molar-refractivity contribution < 1.29 is 4.92 Å². The highest BCUT2D eigenvalue weighted by molar-refractivity contribution is 6.08. The van der Waals surface area contributed by atoms with Crippen LogP contribution in [0.4, 0.5) is 5.69 Å². The molecule has 5 atom stereocenters. The van der Waals surface area contributed by atoms with Gasteiger partial charge in [-0.25, -0.2) is 0 Å². The predicted octanol–water partition coefficient (Wildman–Crippen LogP) is 4.95. The third-order valence-corrected chi connectivity index (χ3v) is 6.00.